The van der Waals surface area contributed by atoms with Crippen molar-refractivity contribution in [3.63, 3.8) is 0 Å². The second kappa shape index (κ2) is 21.9. The van der Waals surface area contributed by atoms with Gasteiger partial charge in [0.2, 0.25) is 11.8 Å². The first-order valence-corrected chi connectivity index (χ1v) is 29.8. The molecular weight excluding hydrogens is 981 g/mol. The van der Waals surface area contributed by atoms with Crippen LogP contribution in [0.1, 0.15) is 110 Å². The van der Waals surface area contributed by atoms with Gasteiger partial charge in [0.15, 0.2) is 0 Å². The number of rotatable bonds is 14. The zero-order valence-corrected chi connectivity index (χ0v) is 45.4. The van der Waals surface area contributed by atoms with Crippen molar-refractivity contribution in [1.29, 1.82) is 0 Å². The molecule has 9 atom stereocenters. The number of fused-ring (bicyclic) bond motifs is 4. The maximum atomic E-state index is 14.3. The van der Waals surface area contributed by atoms with Crippen LogP contribution in [0.15, 0.2) is 72.8 Å². The van der Waals surface area contributed by atoms with E-state index in [2.05, 4.69) is 100 Å². The van der Waals surface area contributed by atoms with Crippen LogP contribution >= 0.6 is 23.5 Å². The minimum absolute atomic E-state index is 0.0687. The third kappa shape index (κ3) is 10.1. The molecule has 6 aromatic rings. The summed E-state index contributed by atoms with van der Waals surface area (Å²) in [5, 5.41) is 5.67. The molecule has 14 rings (SSSR count). The zero-order valence-electron chi connectivity index (χ0n) is 43.8. The molecule has 2 saturated heterocycles. The molecule has 16 heteroatoms. The first kappa shape index (κ1) is 51.1. The Morgan fingerprint density at radius 1 is 0.653 bits per heavy atom. The van der Waals surface area contributed by atoms with Gasteiger partial charge in [-0.15, -0.1) is 0 Å². The van der Waals surface area contributed by atoms with Gasteiger partial charge < -0.3 is 39.9 Å². The van der Waals surface area contributed by atoms with Crippen LogP contribution in [-0.2, 0) is 38.3 Å². The Morgan fingerprint density at radius 3 is 1.69 bits per heavy atom. The Hall–Kier alpha value is -6.00. The number of carbonyl (C=O) groups excluding carboxylic acids is 4. The maximum Gasteiger partial charge on any atom is 0.407 e. The number of likely N-dealkylation sites (tertiary alicyclic amines) is 2. The maximum absolute atomic E-state index is 14.3. The van der Waals surface area contributed by atoms with Gasteiger partial charge in [0.05, 0.1) is 48.4 Å². The summed E-state index contributed by atoms with van der Waals surface area (Å²) in [4.78, 5) is 75.3. The van der Waals surface area contributed by atoms with E-state index in [0.29, 0.717) is 49.6 Å². The van der Waals surface area contributed by atoms with Gasteiger partial charge in [0.1, 0.15) is 23.7 Å². The first-order chi connectivity index (χ1) is 36.5. The first-order valence-electron chi connectivity index (χ1n) is 27.0. The summed E-state index contributed by atoms with van der Waals surface area (Å²) in [6.07, 6.45) is 13.0. The second-order valence-corrected chi connectivity index (χ2v) is 23.7. The lowest BCUT2D eigenvalue weighted by atomic mass is 9.84. The van der Waals surface area contributed by atoms with E-state index in [-0.39, 0.29) is 29.8 Å². The molecule has 9 unspecified atom stereocenters. The molecule has 6 aliphatic carbocycles. The molecule has 4 fully saturated rings. The predicted octanol–water partition coefficient (Wildman–Crippen LogP) is 10.8. The van der Waals surface area contributed by atoms with Gasteiger partial charge in [-0.2, -0.15) is 23.5 Å². The van der Waals surface area contributed by atoms with E-state index in [4.69, 9.17) is 19.4 Å². The number of nitrogens with zero attached hydrogens (tertiary/aromatic N) is 4. The Bertz CT molecular complexity index is 3120. The van der Waals surface area contributed by atoms with Crippen LogP contribution < -0.4 is 10.6 Å². The normalized spacial score (nSPS) is 23.7. The van der Waals surface area contributed by atoms with Gasteiger partial charge in [-0.05, 0) is 180 Å². The molecule has 4 aromatic carbocycles. The van der Waals surface area contributed by atoms with E-state index >= 15 is 0 Å². The number of hydrogen-bond donors (Lipinski definition) is 4. The molecule has 2 aliphatic heterocycles. The molecule has 394 valence electrons. The van der Waals surface area contributed by atoms with Crippen molar-refractivity contribution >= 4 is 69.6 Å². The number of aromatic amines is 2. The average Bonchev–Trinajstić information content (AvgIpc) is 4.31. The number of nitrogens with one attached hydrogen (secondary N) is 4. The molecule has 0 spiro atoms. The third-order valence-corrected chi connectivity index (χ3v) is 18.7. The van der Waals surface area contributed by atoms with Crippen molar-refractivity contribution in [3.05, 3.63) is 107 Å². The van der Waals surface area contributed by atoms with Crippen molar-refractivity contribution in [3.8, 4) is 22.3 Å². The van der Waals surface area contributed by atoms with Crippen LogP contribution in [0.4, 0.5) is 9.59 Å². The highest BCUT2D eigenvalue weighted by atomic mass is 32.2. The number of ether oxygens (including phenoxy) is 2. The lowest BCUT2D eigenvalue weighted by Crippen LogP contribution is -2.49. The number of imidazole rings is 2. The SMILES string of the molecule is COC(=O)NC(CCSC)C(=O)N1CC2CCCC2C1c1nc2ccc(-c3cc4ccc3CCc3ccc(c(-c5ccc6nc(C7C8CCCC8CN7C(=O)C(CCSC)NC(=O)OC)[nH]c6c5)c3)CC4C)cc2[nH]1. The minimum Gasteiger partial charge on any atom is -0.453 e. The Labute approximate surface area is 448 Å². The largest absolute Gasteiger partial charge is 0.453 e. The van der Waals surface area contributed by atoms with Crippen molar-refractivity contribution in [2.24, 2.45) is 23.7 Å². The van der Waals surface area contributed by atoms with E-state index in [9.17, 15) is 19.2 Å². The molecule has 14 nitrogen and oxygen atoms in total. The van der Waals surface area contributed by atoms with Crippen molar-refractivity contribution in [1.82, 2.24) is 40.4 Å². The quantitative estimate of drug-likeness (QED) is 0.0822. The van der Waals surface area contributed by atoms with Crippen molar-refractivity contribution in [2.75, 3.05) is 51.3 Å². The lowest BCUT2D eigenvalue weighted by Gasteiger charge is -2.30. The molecule has 2 aromatic heterocycles. The smallest absolute Gasteiger partial charge is 0.407 e. The fraction of sp³-hybridized carbons (Fsp3) is 0.492. The molecule has 2 saturated carbocycles. The molecule has 75 heavy (non-hydrogen) atoms. The number of aryl methyl sites for hydroxylation is 2. The van der Waals surface area contributed by atoms with Crippen molar-refractivity contribution < 1.29 is 28.7 Å². The lowest BCUT2D eigenvalue weighted by molar-refractivity contribution is -0.135. The van der Waals surface area contributed by atoms with E-state index in [0.717, 1.165) is 114 Å². The molecule has 0 radical (unpaired) electrons. The topological polar surface area (TPSA) is 175 Å². The number of methoxy groups -OCH3 is 2. The van der Waals surface area contributed by atoms with E-state index in [1.807, 2.05) is 22.3 Å². The number of carbonyl (C=O) groups is 4. The summed E-state index contributed by atoms with van der Waals surface area (Å²) in [7, 11) is 2.67. The molecule has 8 aliphatic rings. The number of aromatic nitrogens is 4. The highest BCUT2D eigenvalue weighted by Gasteiger charge is 2.51. The predicted molar refractivity (Wildman–Crippen MR) is 298 cm³/mol. The van der Waals surface area contributed by atoms with E-state index in [1.165, 1.54) is 47.6 Å². The number of benzene rings is 4. The third-order valence-electron chi connectivity index (χ3n) is 17.4. The monoisotopic (exact) mass is 1050 g/mol. The number of hydrogen-bond acceptors (Lipinski definition) is 10. The number of H-pyrrole nitrogens is 2. The van der Waals surface area contributed by atoms with Gasteiger partial charge in [-0.1, -0.05) is 68.3 Å². The number of thioether (sulfide) groups is 2. The summed E-state index contributed by atoms with van der Waals surface area (Å²) in [6.45, 7) is 3.65. The van der Waals surface area contributed by atoms with Gasteiger partial charge >= 0.3 is 12.2 Å². The van der Waals surface area contributed by atoms with Crippen LogP contribution in [0.3, 0.4) is 0 Å². The van der Waals surface area contributed by atoms with Crippen LogP contribution in [0, 0.1) is 23.7 Å². The van der Waals surface area contributed by atoms with Gasteiger partial charge in [0.25, 0.3) is 0 Å². The van der Waals surface area contributed by atoms with Gasteiger partial charge in [-0.25, -0.2) is 19.6 Å². The average molecular weight is 1050 g/mol. The van der Waals surface area contributed by atoms with Crippen LogP contribution in [0.5, 0.6) is 0 Å². The Balaban J connectivity index is 0.856. The van der Waals surface area contributed by atoms with Crippen LogP contribution in [0.2, 0.25) is 0 Å². The summed E-state index contributed by atoms with van der Waals surface area (Å²) in [5.74, 6) is 4.64. The molecule has 4 bridgehead atoms. The molecule has 4 amide bonds. The highest BCUT2D eigenvalue weighted by Crippen LogP contribution is 2.51. The summed E-state index contributed by atoms with van der Waals surface area (Å²) >= 11 is 3.31. The van der Waals surface area contributed by atoms with E-state index < -0.39 is 24.3 Å². The number of alkyl carbamates (subject to hydrolysis) is 2. The van der Waals surface area contributed by atoms with E-state index in [1.54, 1.807) is 23.5 Å². The Morgan fingerprint density at radius 2 is 1.17 bits per heavy atom. The summed E-state index contributed by atoms with van der Waals surface area (Å²) < 4.78 is 9.86. The summed E-state index contributed by atoms with van der Waals surface area (Å²) in [5.41, 5.74) is 13.5. The summed E-state index contributed by atoms with van der Waals surface area (Å²) in [6, 6.07) is 25.5. The second-order valence-electron chi connectivity index (χ2n) is 21.7. The fourth-order valence-corrected chi connectivity index (χ4v) is 14.5. The Kier molecular flexibility index (Phi) is 14.9. The highest BCUT2D eigenvalue weighted by molar-refractivity contribution is 7.98. The van der Waals surface area contributed by atoms with Crippen LogP contribution in [0.25, 0.3) is 44.3 Å². The molecule has 4 N–H and O–H groups in total. The van der Waals surface area contributed by atoms with Crippen molar-refractivity contribution in [2.45, 2.75) is 108 Å². The molecule has 4 heterocycles. The standard InChI is InChI=1S/C59H70N8O6S2/c1-33-26-37-15-13-34(27-44(37)38-18-20-46-50(29-38)62-54(60-46)52-42-10-6-8-40(42)31-66(52)56(68)48(22-24-74-4)64-58(70)72-2)12-14-35-16-17-36(33)28-45(35)39-19-21-47-51(30-39)63-55(61-47)53-43-11-7-9-41(43)32-67(53)57(69)49(23-25-75-5)65-59(71)73-3/h13,15-21,27-30,33,40-43,48-49,52-53H,6-12,14,22-26,31-32H2,1-5H3,(H,60,62)(H,61,63)(H,64,70)(H,65,71). The zero-order chi connectivity index (χ0) is 51.9. The van der Waals surface area contributed by atoms with Gasteiger partial charge in [-0.3, -0.25) is 9.59 Å². The van der Waals surface area contributed by atoms with Crippen LogP contribution in [-0.4, -0.2) is 117 Å². The molecular formula is C59H70N8O6S2. The minimum atomic E-state index is -0.664. The number of amides is 4. The fourth-order valence-electron chi connectivity index (χ4n) is 13.6. The van der Waals surface area contributed by atoms with Gasteiger partial charge in [0, 0.05) is 13.1 Å².